The first-order valence-electron chi connectivity index (χ1n) is 5.97. The van der Waals surface area contributed by atoms with Gasteiger partial charge in [0.1, 0.15) is 0 Å². The molecule has 0 saturated heterocycles. The number of allylic oxidation sites excluding steroid dienone is 1. The van der Waals surface area contributed by atoms with Crippen molar-refractivity contribution in [2.45, 2.75) is 6.92 Å². The van der Waals surface area contributed by atoms with Crippen molar-refractivity contribution in [2.75, 3.05) is 5.32 Å². The van der Waals surface area contributed by atoms with Crippen LogP contribution < -0.4 is 11.1 Å². The van der Waals surface area contributed by atoms with Gasteiger partial charge in [0.15, 0.2) is 16.0 Å². The third-order valence-electron chi connectivity index (χ3n) is 2.55. The number of hydrogen-bond acceptors (Lipinski definition) is 4. The first-order chi connectivity index (χ1) is 9.95. The third-order valence-corrected chi connectivity index (χ3v) is 3.99. The molecule has 0 amide bonds. The van der Waals surface area contributed by atoms with Gasteiger partial charge in [-0.1, -0.05) is 41.1 Å². The van der Waals surface area contributed by atoms with Crippen molar-refractivity contribution < 1.29 is 4.79 Å². The summed E-state index contributed by atoms with van der Waals surface area (Å²) in [6, 6.07) is 7.22. The molecule has 21 heavy (non-hydrogen) atoms. The minimum Gasteiger partial charge on any atom is -0.376 e. The number of aryl methyl sites for hydroxylation is 1. The monoisotopic (exact) mass is 337 g/mol. The van der Waals surface area contributed by atoms with Gasteiger partial charge in [0.05, 0.1) is 10.6 Å². The van der Waals surface area contributed by atoms with E-state index in [1.807, 2.05) is 12.1 Å². The molecule has 0 saturated carbocycles. The molecule has 0 aliphatic carbocycles. The molecular weight excluding hydrogens is 326 g/mol. The maximum atomic E-state index is 12.2. The number of carbonyl (C=O) groups is 1. The van der Waals surface area contributed by atoms with Gasteiger partial charge in [-0.2, -0.15) is 0 Å². The van der Waals surface area contributed by atoms with Gasteiger partial charge in [0.25, 0.3) is 0 Å². The molecule has 0 atom stereocenters. The van der Waals surface area contributed by atoms with E-state index >= 15 is 0 Å². The largest absolute Gasteiger partial charge is 0.376 e. The molecule has 7 heteroatoms. The first-order valence-corrected chi connectivity index (χ1v) is 7.58. The average Bonchev–Trinajstić information content (AvgIpc) is 2.77. The van der Waals surface area contributed by atoms with Crippen molar-refractivity contribution in [2.24, 2.45) is 5.73 Å². The van der Waals surface area contributed by atoms with E-state index in [0.29, 0.717) is 20.7 Å². The van der Waals surface area contributed by atoms with E-state index in [1.165, 1.54) is 17.4 Å². The van der Waals surface area contributed by atoms with Crippen LogP contribution in [0.3, 0.4) is 0 Å². The minimum absolute atomic E-state index is 0.115. The highest BCUT2D eigenvalue weighted by Crippen LogP contribution is 2.23. The Kier molecular flexibility index (Phi) is 5.06. The maximum absolute atomic E-state index is 12.2. The summed E-state index contributed by atoms with van der Waals surface area (Å²) in [5.41, 5.74) is 6.93. The third kappa shape index (κ3) is 4.35. The van der Waals surface area contributed by atoms with Gasteiger partial charge in [0, 0.05) is 5.02 Å². The predicted octanol–water partition coefficient (Wildman–Crippen LogP) is 3.66. The molecule has 0 aliphatic heterocycles. The molecule has 4 nitrogen and oxygen atoms in total. The van der Waals surface area contributed by atoms with Crippen LogP contribution in [0.25, 0.3) is 6.08 Å². The Balaban J connectivity index is 2.14. The molecule has 0 radical (unpaired) electrons. The fourth-order valence-corrected chi connectivity index (χ4v) is 2.79. The van der Waals surface area contributed by atoms with Crippen molar-refractivity contribution in [3.8, 4) is 0 Å². The molecular formula is C14H12ClN3OS2. The van der Waals surface area contributed by atoms with Gasteiger partial charge in [-0.3, -0.25) is 4.79 Å². The molecule has 0 spiro atoms. The van der Waals surface area contributed by atoms with E-state index in [2.05, 4.69) is 10.3 Å². The lowest BCUT2D eigenvalue weighted by molar-refractivity contribution is 0.105. The molecule has 1 heterocycles. The number of carbonyl (C=O) groups excluding carboxylic acids is 1. The van der Waals surface area contributed by atoms with Gasteiger partial charge < -0.3 is 11.1 Å². The van der Waals surface area contributed by atoms with Crippen molar-refractivity contribution >= 4 is 57.3 Å². The van der Waals surface area contributed by atoms with Crippen LogP contribution in [0.2, 0.25) is 5.02 Å². The van der Waals surface area contributed by atoms with Crippen LogP contribution >= 0.6 is 35.2 Å². The van der Waals surface area contributed by atoms with Crippen molar-refractivity contribution in [3.05, 3.63) is 51.5 Å². The molecule has 0 bridgehead atoms. The van der Waals surface area contributed by atoms with E-state index in [4.69, 9.17) is 29.6 Å². The summed E-state index contributed by atoms with van der Waals surface area (Å²) in [5.74, 6) is -0.115. The SMILES string of the molecule is Cc1nc(NC(N)=S)sc1C(=O)C=Cc1ccc(Cl)cc1. The van der Waals surface area contributed by atoms with Gasteiger partial charge in [0.2, 0.25) is 0 Å². The highest BCUT2D eigenvalue weighted by Gasteiger charge is 2.13. The molecule has 2 aromatic rings. The summed E-state index contributed by atoms with van der Waals surface area (Å²) in [4.78, 5) is 16.9. The minimum atomic E-state index is -0.115. The number of nitrogens with two attached hydrogens (primary N) is 1. The number of nitrogens with one attached hydrogen (secondary N) is 1. The maximum Gasteiger partial charge on any atom is 0.197 e. The second kappa shape index (κ2) is 6.80. The first kappa shape index (κ1) is 15.6. The highest BCUT2D eigenvalue weighted by molar-refractivity contribution is 7.80. The van der Waals surface area contributed by atoms with Gasteiger partial charge >= 0.3 is 0 Å². The van der Waals surface area contributed by atoms with Crippen molar-refractivity contribution in [3.63, 3.8) is 0 Å². The molecule has 1 aromatic heterocycles. The summed E-state index contributed by atoms with van der Waals surface area (Å²) >= 11 is 11.8. The molecule has 0 aliphatic rings. The fourth-order valence-electron chi connectivity index (χ4n) is 1.61. The van der Waals surface area contributed by atoms with E-state index in [-0.39, 0.29) is 10.9 Å². The van der Waals surface area contributed by atoms with Gasteiger partial charge in [-0.15, -0.1) is 0 Å². The van der Waals surface area contributed by atoms with Crippen LogP contribution in [0, 0.1) is 6.92 Å². The van der Waals surface area contributed by atoms with Crippen molar-refractivity contribution in [1.82, 2.24) is 4.98 Å². The molecule has 0 fully saturated rings. The summed E-state index contributed by atoms with van der Waals surface area (Å²) in [6.45, 7) is 1.77. The van der Waals surface area contributed by atoms with Crippen molar-refractivity contribution in [1.29, 1.82) is 0 Å². The lowest BCUT2D eigenvalue weighted by Gasteiger charge is -1.95. The van der Waals surface area contributed by atoms with E-state index in [0.717, 1.165) is 5.56 Å². The number of benzene rings is 1. The summed E-state index contributed by atoms with van der Waals surface area (Å²) < 4.78 is 0. The Morgan fingerprint density at radius 2 is 2.10 bits per heavy atom. The normalized spacial score (nSPS) is 10.8. The van der Waals surface area contributed by atoms with Gasteiger partial charge in [-0.25, -0.2) is 4.98 Å². The van der Waals surface area contributed by atoms with E-state index in [9.17, 15) is 4.79 Å². The standard InChI is InChI=1S/C14H12ClN3OS2/c1-8-12(21-14(17-8)18-13(16)20)11(19)7-4-9-2-5-10(15)6-3-9/h2-7H,1H3,(H3,16,17,18,20). The fraction of sp³-hybridized carbons (Fsp3) is 0.0714. The molecule has 2 rings (SSSR count). The quantitative estimate of drug-likeness (QED) is 0.506. The zero-order valence-corrected chi connectivity index (χ0v) is 13.5. The van der Waals surface area contributed by atoms with E-state index in [1.54, 1.807) is 25.1 Å². The topological polar surface area (TPSA) is 68.0 Å². The molecule has 0 unspecified atom stereocenters. The number of aromatic nitrogens is 1. The number of anilines is 1. The number of ketones is 1. The number of nitrogens with zero attached hydrogens (tertiary/aromatic N) is 1. The smallest absolute Gasteiger partial charge is 0.197 e. The zero-order valence-electron chi connectivity index (χ0n) is 11.1. The Bertz CT molecular complexity index is 708. The highest BCUT2D eigenvalue weighted by atomic mass is 35.5. The van der Waals surface area contributed by atoms with Crippen LogP contribution in [0.5, 0.6) is 0 Å². The molecule has 3 N–H and O–H groups in total. The summed E-state index contributed by atoms with van der Waals surface area (Å²) in [5, 5.41) is 4.03. The molecule has 1 aromatic carbocycles. The Morgan fingerprint density at radius 1 is 1.43 bits per heavy atom. The van der Waals surface area contributed by atoms with Crippen LogP contribution in [-0.4, -0.2) is 15.9 Å². The second-order valence-corrected chi connectivity index (χ2v) is 6.05. The Hall–Kier alpha value is -1.76. The lowest BCUT2D eigenvalue weighted by Crippen LogP contribution is -2.18. The Morgan fingerprint density at radius 3 is 2.71 bits per heavy atom. The average molecular weight is 338 g/mol. The Labute approximate surface area is 136 Å². The molecule has 108 valence electrons. The number of thiocarbonyl (C=S) groups is 1. The summed E-state index contributed by atoms with van der Waals surface area (Å²) in [6.07, 6.45) is 3.24. The number of rotatable bonds is 4. The second-order valence-electron chi connectivity index (χ2n) is 4.17. The number of thiazole rings is 1. The zero-order chi connectivity index (χ0) is 15.4. The van der Waals surface area contributed by atoms with Gasteiger partial charge in [-0.05, 0) is 42.9 Å². The van der Waals surface area contributed by atoms with Crippen LogP contribution in [-0.2, 0) is 0 Å². The predicted molar refractivity (Wildman–Crippen MR) is 92.1 cm³/mol. The number of halogens is 1. The number of hydrogen-bond donors (Lipinski definition) is 2. The summed E-state index contributed by atoms with van der Waals surface area (Å²) in [7, 11) is 0. The van der Waals surface area contributed by atoms with Crippen LogP contribution in [0.1, 0.15) is 20.9 Å². The lowest BCUT2D eigenvalue weighted by atomic mass is 10.2. The van der Waals surface area contributed by atoms with E-state index < -0.39 is 0 Å². The van der Waals surface area contributed by atoms with Crippen LogP contribution in [0.4, 0.5) is 5.13 Å². The van der Waals surface area contributed by atoms with Crippen LogP contribution in [0.15, 0.2) is 30.3 Å².